The van der Waals surface area contributed by atoms with E-state index in [-0.39, 0.29) is 18.4 Å². The summed E-state index contributed by atoms with van der Waals surface area (Å²) in [7, 11) is 0. The van der Waals surface area contributed by atoms with Crippen LogP contribution in [0.1, 0.15) is 18.1 Å². The summed E-state index contributed by atoms with van der Waals surface area (Å²) in [5, 5.41) is 5.35. The molecule has 0 radical (unpaired) electrons. The van der Waals surface area contributed by atoms with Crippen LogP contribution >= 0.6 is 0 Å². The number of hydrogen-bond donors (Lipinski definition) is 4. The van der Waals surface area contributed by atoms with Gasteiger partial charge in [0, 0.05) is 5.69 Å². The van der Waals surface area contributed by atoms with E-state index < -0.39 is 6.04 Å². The SMILES string of the molecule is CCc1ccc(NC(=O)CNC(=O)C(Cc2ccccc2)NN)cc1. The van der Waals surface area contributed by atoms with Gasteiger partial charge in [0.15, 0.2) is 0 Å². The number of carbonyl (C=O) groups excluding carboxylic acids is 2. The van der Waals surface area contributed by atoms with Crippen LogP contribution in [0.5, 0.6) is 0 Å². The fraction of sp³-hybridized carbons (Fsp3) is 0.263. The van der Waals surface area contributed by atoms with Crippen LogP contribution in [0, 0.1) is 0 Å². The zero-order valence-corrected chi connectivity index (χ0v) is 14.3. The van der Waals surface area contributed by atoms with E-state index in [0.717, 1.165) is 12.0 Å². The molecule has 2 aromatic carbocycles. The lowest BCUT2D eigenvalue weighted by molar-refractivity contribution is -0.125. The lowest BCUT2D eigenvalue weighted by Crippen LogP contribution is -2.50. The molecule has 6 nitrogen and oxygen atoms in total. The van der Waals surface area contributed by atoms with Crippen molar-refractivity contribution in [1.82, 2.24) is 10.7 Å². The quantitative estimate of drug-likeness (QED) is 0.431. The number of benzene rings is 2. The molecular weight excluding hydrogens is 316 g/mol. The van der Waals surface area contributed by atoms with Crippen molar-refractivity contribution < 1.29 is 9.59 Å². The van der Waals surface area contributed by atoms with E-state index in [1.807, 2.05) is 54.6 Å². The maximum absolute atomic E-state index is 12.2. The van der Waals surface area contributed by atoms with Crippen LogP contribution in [0.4, 0.5) is 5.69 Å². The zero-order chi connectivity index (χ0) is 18.1. The molecule has 0 saturated carbocycles. The Kier molecular flexibility index (Phi) is 7.13. The first kappa shape index (κ1) is 18.6. The van der Waals surface area contributed by atoms with E-state index >= 15 is 0 Å². The molecule has 0 aromatic heterocycles. The van der Waals surface area contributed by atoms with Crippen molar-refractivity contribution in [3.8, 4) is 0 Å². The highest BCUT2D eigenvalue weighted by atomic mass is 16.2. The molecule has 132 valence electrons. The standard InChI is InChI=1S/C19H24N4O2/c1-2-14-8-10-16(11-9-14)22-18(24)13-21-19(25)17(23-20)12-15-6-4-3-5-7-15/h3-11,17,23H,2,12-13,20H2,1H3,(H,21,25)(H,22,24). The van der Waals surface area contributed by atoms with Crippen LogP contribution in [-0.2, 0) is 22.4 Å². The molecule has 0 aliphatic carbocycles. The lowest BCUT2D eigenvalue weighted by atomic mass is 10.1. The Bertz CT molecular complexity index is 686. The van der Waals surface area contributed by atoms with E-state index in [2.05, 4.69) is 23.0 Å². The number of aryl methyl sites for hydroxylation is 1. The number of nitrogens with one attached hydrogen (secondary N) is 3. The van der Waals surface area contributed by atoms with Crippen molar-refractivity contribution >= 4 is 17.5 Å². The molecule has 1 unspecified atom stereocenters. The molecule has 0 bridgehead atoms. The van der Waals surface area contributed by atoms with Crippen molar-refractivity contribution in [2.75, 3.05) is 11.9 Å². The minimum Gasteiger partial charge on any atom is -0.346 e. The second-order valence-corrected chi connectivity index (χ2v) is 5.73. The van der Waals surface area contributed by atoms with E-state index in [1.165, 1.54) is 5.56 Å². The first-order valence-corrected chi connectivity index (χ1v) is 8.29. The molecule has 2 aromatic rings. The summed E-state index contributed by atoms with van der Waals surface area (Å²) < 4.78 is 0. The molecule has 0 fully saturated rings. The first-order chi connectivity index (χ1) is 12.1. The first-order valence-electron chi connectivity index (χ1n) is 8.29. The third kappa shape index (κ3) is 6.02. The van der Waals surface area contributed by atoms with Crippen LogP contribution < -0.4 is 21.9 Å². The molecule has 0 spiro atoms. The number of carbonyl (C=O) groups is 2. The second-order valence-electron chi connectivity index (χ2n) is 5.73. The molecule has 0 saturated heterocycles. The fourth-order valence-electron chi connectivity index (χ4n) is 2.40. The van der Waals surface area contributed by atoms with Crippen LogP contribution in [0.3, 0.4) is 0 Å². The van der Waals surface area contributed by atoms with Gasteiger partial charge in [-0.1, -0.05) is 49.4 Å². The van der Waals surface area contributed by atoms with Gasteiger partial charge in [-0.25, -0.2) is 5.43 Å². The molecule has 2 rings (SSSR count). The summed E-state index contributed by atoms with van der Waals surface area (Å²) in [4.78, 5) is 24.1. The Morgan fingerprint density at radius 3 is 2.28 bits per heavy atom. The van der Waals surface area contributed by atoms with Gasteiger partial charge < -0.3 is 10.6 Å². The molecule has 0 aliphatic rings. The van der Waals surface area contributed by atoms with Gasteiger partial charge in [-0.3, -0.25) is 15.4 Å². The van der Waals surface area contributed by atoms with Gasteiger partial charge in [0.1, 0.15) is 6.04 Å². The number of hydrogen-bond acceptors (Lipinski definition) is 4. The summed E-state index contributed by atoms with van der Waals surface area (Å²) in [6.45, 7) is 1.96. The van der Waals surface area contributed by atoms with Gasteiger partial charge >= 0.3 is 0 Å². The molecule has 0 aliphatic heterocycles. The lowest BCUT2D eigenvalue weighted by Gasteiger charge is -2.16. The summed E-state index contributed by atoms with van der Waals surface area (Å²) in [5.74, 6) is 4.87. The fourth-order valence-corrected chi connectivity index (χ4v) is 2.40. The maximum Gasteiger partial charge on any atom is 0.243 e. The van der Waals surface area contributed by atoms with Crippen LogP contribution in [-0.4, -0.2) is 24.4 Å². The molecule has 5 N–H and O–H groups in total. The average molecular weight is 340 g/mol. The van der Waals surface area contributed by atoms with E-state index in [9.17, 15) is 9.59 Å². The van der Waals surface area contributed by atoms with Crippen molar-refractivity contribution in [2.45, 2.75) is 25.8 Å². The normalized spacial score (nSPS) is 11.6. The number of hydrazine groups is 1. The van der Waals surface area contributed by atoms with E-state index in [1.54, 1.807) is 0 Å². The molecule has 1 atom stereocenters. The Balaban J connectivity index is 1.81. The third-order valence-electron chi connectivity index (χ3n) is 3.87. The molecule has 25 heavy (non-hydrogen) atoms. The Labute approximate surface area is 147 Å². The molecule has 2 amide bonds. The van der Waals surface area contributed by atoms with Crippen molar-refractivity contribution in [1.29, 1.82) is 0 Å². The Hall–Kier alpha value is -2.70. The number of nitrogens with two attached hydrogens (primary N) is 1. The van der Waals surface area contributed by atoms with E-state index in [0.29, 0.717) is 12.1 Å². The van der Waals surface area contributed by atoms with E-state index in [4.69, 9.17) is 5.84 Å². The summed E-state index contributed by atoms with van der Waals surface area (Å²) in [5.41, 5.74) is 5.38. The molecule has 6 heteroatoms. The highest BCUT2D eigenvalue weighted by Crippen LogP contribution is 2.09. The Morgan fingerprint density at radius 2 is 1.68 bits per heavy atom. The van der Waals surface area contributed by atoms with Gasteiger partial charge in [0.2, 0.25) is 11.8 Å². The van der Waals surface area contributed by atoms with Gasteiger partial charge in [-0.2, -0.15) is 0 Å². The van der Waals surface area contributed by atoms with Crippen molar-refractivity contribution in [2.24, 2.45) is 5.84 Å². The minimum atomic E-state index is -0.598. The second kappa shape index (κ2) is 9.56. The van der Waals surface area contributed by atoms with Crippen LogP contribution in [0.25, 0.3) is 0 Å². The smallest absolute Gasteiger partial charge is 0.243 e. The number of rotatable bonds is 8. The van der Waals surface area contributed by atoms with Gasteiger partial charge in [-0.05, 0) is 36.1 Å². The Morgan fingerprint density at radius 1 is 1.00 bits per heavy atom. The van der Waals surface area contributed by atoms with Crippen molar-refractivity contribution in [3.05, 3.63) is 65.7 Å². The topological polar surface area (TPSA) is 96.2 Å². The van der Waals surface area contributed by atoms with Gasteiger partial charge in [0.05, 0.1) is 6.54 Å². The largest absolute Gasteiger partial charge is 0.346 e. The maximum atomic E-state index is 12.2. The predicted octanol–water partition coefficient (Wildman–Crippen LogP) is 1.38. The van der Waals surface area contributed by atoms with Gasteiger partial charge in [0.25, 0.3) is 0 Å². The predicted molar refractivity (Wildman–Crippen MR) is 98.7 cm³/mol. The monoisotopic (exact) mass is 340 g/mol. The minimum absolute atomic E-state index is 0.110. The summed E-state index contributed by atoms with van der Waals surface area (Å²) >= 11 is 0. The van der Waals surface area contributed by atoms with Crippen LogP contribution in [0.15, 0.2) is 54.6 Å². The summed E-state index contributed by atoms with van der Waals surface area (Å²) in [6, 6.07) is 16.6. The number of anilines is 1. The highest BCUT2D eigenvalue weighted by Gasteiger charge is 2.17. The molecular formula is C19H24N4O2. The molecule has 0 heterocycles. The highest BCUT2D eigenvalue weighted by molar-refractivity contribution is 5.95. The zero-order valence-electron chi connectivity index (χ0n) is 14.3. The van der Waals surface area contributed by atoms with Gasteiger partial charge in [-0.15, -0.1) is 0 Å². The number of amides is 2. The van der Waals surface area contributed by atoms with Crippen molar-refractivity contribution in [3.63, 3.8) is 0 Å². The van der Waals surface area contributed by atoms with Crippen LogP contribution in [0.2, 0.25) is 0 Å². The average Bonchev–Trinajstić information content (AvgIpc) is 2.65. The third-order valence-corrected chi connectivity index (χ3v) is 3.87. The summed E-state index contributed by atoms with van der Waals surface area (Å²) in [6.07, 6.45) is 1.39.